The van der Waals surface area contributed by atoms with Crippen LogP contribution in [0.4, 0.5) is 14.7 Å². The number of amides is 1. The van der Waals surface area contributed by atoms with E-state index in [2.05, 4.69) is 15.3 Å². The molecule has 86 valence electrons. The van der Waals surface area contributed by atoms with Gasteiger partial charge in [-0.1, -0.05) is 0 Å². The fourth-order valence-electron chi connectivity index (χ4n) is 1.22. The highest BCUT2D eigenvalue weighted by Gasteiger charge is 2.10. The third-order valence-electron chi connectivity index (χ3n) is 1.92. The van der Waals surface area contributed by atoms with E-state index in [-0.39, 0.29) is 11.5 Å². The largest absolute Gasteiger partial charge is 0.290 e. The number of nitrogens with one attached hydrogen (secondary N) is 1. The van der Waals surface area contributed by atoms with Gasteiger partial charge >= 0.3 is 0 Å². The predicted molar refractivity (Wildman–Crippen MR) is 56.3 cm³/mol. The number of benzene rings is 1. The number of nitrogens with zero attached hydrogens (tertiary/aromatic N) is 2. The molecular formula is C11H7F2N3O. The Morgan fingerprint density at radius 2 is 1.65 bits per heavy atom. The first kappa shape index (κ1) is 11.1. The first-order valence-electron chi connectivity index (χ1n) is 4.69. The Labute approximate surface area is 95.3 Å². The number of carbonyl (C=O) groups excluding carboxylic acids is 1. The van der Waals surface area contributed by atoms with Crippen LogP contribution in [0.5, 0.6) is 0 Å². The Bertz CT molecular complexity index is 525. The van der Waals surface area contributed by atoms with Crippen molar-refractivity contribution in [1.82, 2.24) is 9.97 Å². The summed E-state index contributed by atoms with van der Waals surface area (Å²) in [6.45, 7) is 0. The Morgan fingerprint density at radius 3 is 2.24 bits per heavy atom. The topological polar surface area (TPSA) is 54.9 Å². The zero-order valence-electron chi connectivity index (χ0n) is 8.52. The molecule has 0 radical (unpaired) electrons. The van der Waals surface area contributed by atoms with Crippen LogP contribution in [-0.4, -0.2) is 15.9 Å². The molecule has 1 amide bonds. The maximum atomic E-state index is 12.9. The number of rotatable bonds is 2. The predicted octanol–water partition coefficient (Wildman–Crippen LogP) is 2.01. The van der Waals surface area contributed by atoms with Gasteiger partial charge in [0.15, 0.2) is 0 Å². The van der Waals surface area contributed by atoms with Gasteiger partial charge in [-0.2, -0.15) is 0 Å². The number of hydrogen-bond donors (Lipinski definition) is 1. The van der Waals surface area contributed by atoms with E-state index in [1.54, 1.807) is 6.07 Å². The van der Waals surface area contributed by atoms with Crippen LogP contribution in [0.25, 0.3) is 0 Å². The minimum Gasteiger partial charge on any atom is -0.290 e. The molecule has 17 heavy (non-hydrogen) atoms. The number of hydrogen-bond acceptors (Lipinski definition) is 3. The second-order valence-electron chi connectivity index (χ2n) is 3.18. The van der Waals surface area contributed by atoms with Gasteiger partial charge in [0.1, 0.15) is 11.6 Å². The maximum absolute atomic E-state index is 12.9. The summed E-state index contributed by atoms with van der Waals surface area (Å²) in [5, 5.41) is 2.32. The summed E-state index contributed by atoms with van der Waals surface area (Å²) in [6, 6.07) is 4.13. The first-order chi connectivity index (χ1) is 8.15. The highest BCUT2D eigenvalue weighted by molar-refractivity contribution is 6.03. The van der Waals surface area contributed by atoms with Crippen LogP contribution in [0.3, 0.4) is 0 Å². The summed E-state index contributed by atoms with van der Waals surface area (Å²) in [4.78, 5) is 19.1. The molecule has 1 aromatic carbocycles. The number of anilines is 1. The van der Waals surface area contributed by atoms with E-state index in [0.717, 1.165) is 12.1 Å². The van der Waals surface area contributed by atoms with Crippen LogP contribution >= 0.6 is 0 Å². The molecule has 4 nitrogen and oxygen atoms in total. The quantitative estimate of drug-likeness (QED) is 0.866. The fourth-order valence-corrected chi connectivity index (χ4v) is 1.22. The molecule has 0 atom stereocenters. The molecule has 0 spiro atoms. The van der Waals surface area contributed by atoms with Crippen LogP contribution in [-0.2, 0) is 0 Å². The van der Waals surface area contributed by atoms with E-state index < -0.39 is 17.5 Å². The van der Waals surface area contributed by atoms with Crippen molar-refractivity contribution in [2.24, 2.45) is 0 Å². The molecule has 2 aromatic rings. The van der Waals surface area contributed by atoms with Gasteiger partial charge in [-0.05, 0) is 18.2 Å². The Kier molecular flexibility index (Phi) is 3.04. The van der Waals surface area contributed by atoms with Crippen molar-refractivity contribution in [3.8, 4) is 0 Å². The van der Waals surface area contributed by atoms with Crippen molar-refractivity contribution in [3.05, 3.63) is 53.9 Å². The average Bonchev–Trinajstić information content (AvgIpc) is 2.29. The summed E-state index contributed by atoms with van der Waals surface area (Å²) < 4.78 is 25.8. The standard InChI is InChI=1S/C11H7F2N3O/c12-8-4-7(5-9(13)6-8)10(17)16-11-14-2-1-3-15-11/h1-6H,(H,14,15,16,17). The van der Waals surface area contributed by atoms with Gasteiger partial charge in [0.25, 0.3) is 5.91 Å². The van der Waals surface area contributed by atoms with Gasteiger partial charge in [0, 0.05) is 24.0 Å². The number of halogens is 2. The third-order valence-corrected chi connectivity index (χ3v) is 1.92. The van der Waals surface area contributed by atoms with Crippen LogP contribution < -0.4 is 5.32 Å². The molecule has 0 saturated carbocycles. The molecule has 0 bridgehead atoms. The monoisotopic (exact) mass is 235 g/mol. The highest BCUT2D eigenvalue weighted by Crippen LogP contribution is 2.09. The molecule has 1 aromatic heterocycles. The molecule has 0 aliphatic rings. The van der Waals surface area contributed by atoms with Crippen molar-refractivity contribution < 1.29 is 13.6 Å². The molecule has 0 aliphatic carbocycles. The van der Waals surface area contributed by atoms with Crippen LogP contribution in [0.15, 0.2) is 36.7 Å². The number of aromatic nitrogens is 2. The molecule has 0 saturated heterocycles. The molecule has 6 heteroatoms. The van der Waals surface area contributed by atoms with Crippen molar-refractivity contribution in [1.29, 1.82) is 0 Å². The summed E-state index contributed by atoms with van der Waals surface area (Å²) in [7, 11) is 0. The van der Waals surface area contributed by atoms with E-state index in [0.29, 0.717) is 6.07 Å². The molecular weight excluding hydrogens is 228 g/mol. The normalized spacial score (nSPS) is 10.0. The Hall–Kier alpha value is -2.37. The summed E-state index contributed by atoms with van der Waals surface area (Å²) in [5.74, 6) is -2.23. The van der Waals surface area contributed by atoms with E-state index in [1.165, 1.54) is 12.4 Å². The van der Waals surface area contributed by atoms with E-state index >= 15 is 0 Å². The molecule has 0 fully saturated rings. The lowest BCUT2D eigenvalue weighted by atomic mass is 10.2. The van der Waals surface area contributed by atoms with E-state index in [4.69, 9.17) is 0 Å². The summed E-state index contributed by atoms with van der Waals surface area (Å²) in [6.07, 6.45) is 2.88. The minimum absolute atomic E-state index is 0.0715. The van der Waals surface area contributed by atoms with Crippen molar-refractivity contribution in [2.75, 3.05) is 5.32 Å². The lowest BCUT2D eigenvalue weighted by Gasteiger charge is -2.03. The van der Waals surface area contributed by atoms with Crippen LogP contribution in [0.2, 0.25) is 0 Å². The van der Waals surface area contributed by atoms with E-state index in [1.807, 2.05) is 0 Å². The van der Waals surface area contributed by atoms with Gasteiger partial charge in [-0.25, -0.2) is 18.7 Å². The van der Waals surface area contributed by atoms with Crippen LogP contribution in [0, 0.1) is 11.6 Å². The Morgan fingerprint density at radius 1 is 1.06 bits per heavy atom. The molecule has 2 rings (SSSR count). The number of carbonyl (C=O) groups is 1. The summed E-state index contributed by atoms with van der Waals surface area (Å²) in [5.41, 5.74) is -0.130. The van der Waals surface area contributed by atoms with Gasteiger partial charge < -0.3 is 0 Å². The van der Waals surface area contributed by atoms with Gasteiger partial charge in [0.05, 0.1) is 0 Å². The zero-order valence-corrected chi connectivity index (χ0v) is 8.52. The SMILES string of the molecule is O=C(Nc1ncccn1)c1cc(F)cc(F)c1. The maximum Gasteiger partial charge on any atom is 0.258 e. The summed E-state index contributed by atoms with van der Waals surface area (Å²) >= 11 is 0. The van der Waals surface area contributed by atoms with Crippen molar-refractivity contribution in [3.63, 3.8) is 0 Å². The highest BCUT2D eigenvalue weighted by atomic mass is 19.1. The van der Waals surface area contributed by atoms with E-state index in [9.17, 15) is 13.6 Å². The zero-order chi connectivity index (χ0) is 12.3. The van der Waals surface area contributed by atoms with Gasteiger partial charge in [0.2, 0.25) is 5.95 Å². The second kappa shape index (κ2) is 4.65. The van der Waals surface area contributed by atoms with Gasteiger partial charge in [-0.3, -0.25) is 10.1 Å². The minimum atomic E-state index is -0.816. The smallest absolute Gasteiger partial charge is 0.258 e. The fraction of sp³-hybridized carbons (Fsp3) is 0. The van der Waals surface area contributed by atoms with Crippen LogP contribution in [0.1, 0.15) is 10.4 Å². The first-order valence-corrected chi connectivity index (χ1v) is 4.69. The molecule has 0 aliphatic heterocycles. The molecule has 1 N–H and O–H groups in total. The van der Waals surface area contributed by atoms with Crippen molar-refractivity contribution >= 4 is 11.9 Å². The molecule has 1 heterocycles. The lowest BCUT2D eigenvalue weighted by Crippen LogP contribution is -2.14. The average molecular weight is 235 g/mol. The third kappa shape index (κ3) is 2.81. The molecule has 0 unspecified atom stereocenters. The lowest BCUT2D eigenvalue weighted by molar-refractivity contribution is 0.102. The van der Waals surface area contributed by atoms with Gasteiger partial charge in [-0.15, -0.1) is 0 Å². The second-order valence-corrected chi connectivity index (χ2v) is 3.18. The Balaban J connectivity index is 2.20. The van der Waals surface area contributed by atoms with Crippen molar-refractivity contribution in [2.45, 2.75) is 0 Å².